The van der Waals surface area contributed by atoms with Crippen molar-refractivity contribution in [3.63, 3.8) is 0 Å². The number of methoxy groups -OCH3 is 1. The molecule has 0 spiro atoms. The molecule has 5 nitrogen and oxygen atoms in total. The lowest BCUT2D eigenvalue weighted by Gasteiger charge is -2.27. The van der Waals surface area contributed by atoms with Crippen LogP contribution in [0.5, 0.6) is 5.75 Å². The van der Waals surface area contributed by atoms with Crippen LogP contribution in [0.4, 0.5) is 0 Å². The molecule has 2 heterocycles. The van der Waals surface area contributed by atoms with E-state index in [4.69, 9.17) is 4.74 Å². The van der Waals surface area contributed by atoms with Crippen LogP contribution in [-0.2, 0) is 13.1 Å². The zero-order valence-electron chi connectivity index (χ0n) is 16.1. The van der Waals surface area contributed by atoms with Gasteiger partial charge in [-0.25, -0.2) is 4.79 Å². The highest BCUT2D eigenvalue weighted by atomic mass is 16.5. The Labute approximate surface area is 165 Å². The fourth-order valence-electron chi connectivity index (χ4n) is 3.62. The van der Waals surface area contributed by atoms with Crippen LogP contribution in [0, 0.1) is 0 Å². The molecule has 144 valence electrons. The third-order valence-corrected chi connectivity index (χ3v) is 5.13. The summed E-state index contributed by atoms with van der Waals surface area (Å²) in [6.45, 7) is 3.25. The zero-order chi connectivity index (χ0) is 19.3. The van der Waals surface area contributed by atoms with E-state index >= 15 is 0 Å². The molecule has 0 N–H and O–H groups in total. The topological polar surface area (TPSA) is 39.4 Å². The molecular formula is C23H25N3O2. The van der Waals surface area contributed by atoms with Gasteiger partial charge in [0, 0.05) is 37.7 Å². The maximum absolute atomic E-state index is 12.9. The molecule has 0 saturated carbocycles. The molecule has 0 radical (unpaired) electrons. The lowest BCUT2D eigenvalue weighted by Crippen LogP contribution is -2.33. The molecule has 0 aliphatic carbocycles. The maximum atomic E-state index is 12.9. The van der Waals surface area contributed by atoms with Crippen LogP contribution in [-0.4, -0.2) is 34.2 Å². The summed E-state index contributed by atoms with van der Waals surface area (Å²) in [5, 5.41) is 0. The molecule has 0 fully saturated rings. The lowest BCUT2D eigenvalue weighted by molar-refractivity contribution is 0.292. The number of benzene rings is 2. The highest BCUT2D eigenvalue weighted by Gasteiger charge is 2.16. The van der Waals surface area contributed by atoms with Gasteiger partial charge in [0.2, 0.25) is 0 Å². The fraction of sp³-hybridized carbons (Fsp3) is 0.261. The van der Waals surface area contributed by atoms with E-state index in [1.165, 1.54) is 5.56 Å². The van der Waals surface area contributed by atoms with Gasteiger partial charge in [0.1, 0.15) is 5.75 Å². The molecule has 0 unspecified atom stereocenters. The van der Waals surface area contributed by atoms with Gasteiger partial charge in [-0.2, -0.15) is 0 Å². The van der Waals surface area contributed by atoms with Crippen LogP contribution in [0.25, 0.3) is 5.70 Å². The number of imidazole rings is 1. The number of aromatic nitrogens is 2. The minimum absolute atomic E-state index is 0.00336. The van der Waals surface area contributed by atoms with Crippen molar-refractivity contribution in [2.45, 2.75) is 19.5 Å². The van der Waals surface area contributed by atoms with Gasteiger partial charge in [0.25, 0.3) is 0 Å². The second-order valence-corrected chi connectivity index (χ2v) is 7.11. The number of ether oxygens (including phenoxy) is 1. The SMILES string of the molecule is COc1ccc(Cn2ccn(C3=CCCN(Cc4ccccc4)C3)c2=O)cc1. The Morgan fingerprint density at radius 3 is 2.43 bits per heavy atom. The number of hydrogen-bond donors (Lipinski definition) is 0. The summed E-state index contributed by atoms with van der Waals surface area (Å²) in [4.78, 5) is 15.3. The first-order valence-corrected chi connectivity index (χ1v) is 9.59. The van der Waals surface area contributed by atoms with E-state index in [0.717, 1.165) is 43.1 Å². The standard InChI is InChI=1S/C23H25N3O2/c1-28-22-11-9-20(10-12-22)17-25-14-15-26(23(25)27)21-8-5-13-24(18-21)16-19-6-3-2-4-7-19/h2-4,6-12,14-15H,5,13,16-18H2,1H3. The first-order valence-electron chi connectivity index (χ1n) is 9.59. The Bertz CT molecular complexity index is 1000. The second-order valence-electron chi connectivity index (χ2n) is 7.11. The third-order valence-electron chi connectivity index (χ3n) is 5.13. The van der Waals surface area contributed by atoms with E-state index in [1.54, 1.807) is 16.2 Å². The summed E-state index contributed by atoms with van der Waals surface area (Å²) in [6.07, 6.45) is 6.88. The molecule has 2 aromatic carbocycles. The predicted molar refractivity (Wildman–Crippen MR) is 111 cm³/mol. The normalized spacial score (nSPS) is 14.7. The van der Waals surface area contributed by atoms with Crippen LogP contribution in [0.2, 0.25) is 0 Å². The summed E-state index contributed by atoms with van der Waals surface area (Å²) in [6, 6.07) is 18.3. The van der Waals surface area contributed by atoms with Gasteiger partial charge in [-0.05, 0) is 29.7 Å². The molecule has 28 heavy (non-hydrogen) atoms. The molecule has 1 aromatic heterocycles. The van der Waals surface area contributed by atoms with Crippen LogP contribution in [0.15, 0.2) is 77.9 Å². The summed E-state index contributed by atoms with van der Waals surface area (Å²) < 4.78 is 8.72. The van der Waals surface area contributed by atoms with Gasteiger partial charge < -0.3 is 4.74 Å². The molecule has 4 rings (SSSR count). The van der Waals surface area contributed by atoms with E-state index in [2.05, 4.69) is 35.2 Å². The van der Waals surface area contributed by atoms with E-state index < -0.39 is 0 Å². The third kappa shape index (κ3) is 4.10. The summed E-state index contributed by atoms with van der Waals surface area (Å²) >= 11 is 0. The number of nitrogens with zero attached hydrogens (tertiary/aromatic N) is 3. The Balaban J connectivity index is 1.47. The molecule has 0 atom stereocenters. The lowest BCUT2D eigenvalue weighted by atomic mass is 10.1. The van der Waals surface area contributed by atoms with Crippen molar-refractivity contribution in [3.8, 4) is 5.75 Å². The largest absolute Gasteiger partial charge is 0.497 e. The first kappa shape index (κ1) is 18.3. The highest BCUT2D eigenvalue weighted by Crippen LogP contribution is 2.16. The van der Waals surface area contributed by atoms with Gasteiger partial charge in [0.15, 0.2) is 0 Å². The molecule has 0 saturated heterocycles. The first-order chi connectivity index (χ1) is 13.7. The molecular weight excluding hydrogens is 350 g/mol. The van der Waals surface area contributed by atoms with Crippen LogP contribution >= 0.6 is 0 Å². The van der Waals surface area contributed by atoms with Crippen molar-refractivity contribution in [2.75, 3.05) is 20.2 Å². The van der Waals surface area contributed by atoms with Gasteiger partial charge in [0.05, 0.1) is 13.7 Å². The quantitative estimate of drug-likeness (QED) is 0.662. The Morgan fingerprint density at radius 2 is 1.68 bits per heavy atom. The van der Waals surface area contributed by atoms with Crippen LogP contribution in [0.3, 0.4) is 0 Å². The highest BCUT2D eigenvalue weighted by molar-refractivity contribution is 5.48. The molecule has 0 amide bonds. The second kappa shape index (κ2) is 8.31. The average molecular weight is 375 g/mol. The van der Waals surface area contributed by atoms with Crippen LogP contribution in [0.1, 0.15) is 17.5 Å². The number of hydrogen-bond acceptors (Lipinski definition) is 3. The maximum Gasteiger partial charge on any atom is 0.332 e. The Kier molecular flexibility index (Phi) is 5.44. The van der Waals surface area contributed by atoms with Gasteiger partial charge in [-0.1, -0.05) is 48.5 Å². The summed E-state index contributed by atoms with van der Waals surface area (Å²) in [5.41, 5.74) is 3.43. The number of rotatable bonds is 6. The van der Waals surface area contributed by atoms with Gasteiger partial charge in [-0.15, -0.1) is 0 Å². The smallest absolute Gasteiger partial charge is 0.332 e. The van der Waals surface area contributed by atoms with Crippen molar-refractivity contribution in [1.29, 1.82) is 0 Å². The zero-order valence-corrected chi connectivity index (χ0v) is 16.1. The predicted octanol–water partition coefficient (Wildman–Crippen LogP) is 3.45. The molecule has 1 aliphatic heterocycles. The molecule has 3 aromatic rings. The van der Waals surface area contributed by atoms with E-state index in [-0.39, 0.29) is 5.69 Å². The summed E-state index contributed by atoms with van der Waals surface area (Å²) in [5.74, 6) is 0.819. The molecule has 1 aliphatic rings. The van der Waals surface area contributed by atoms with E-state index in [0.29, 0.717) is 6.54 Å². The van der Waals surface area contributed by atoms with Crippen molar-refractivity contribution >= 4 is 5.70 Å². The van der Waals surface area contributed by atoms with Crippen LogP contribution < -0.4 is 10.4 Å². The fourth-order valence-corrected chi connectivity index (χ4v) is 3.62. The molecule has 0 bridgehead atoms. The minimum Gasteiger partial charge on any atom is -0.497 e. The Morgan fingerprint density at radius 1 is 0.929 bits per heavy atom. The van der Waals surface area contributed by atoms with Gasteiger partial charge in [-0.3, -0.25) is 14.0 Å². The molecule has 5 heteroatoms. The van der Waals surface area contributed by atoms with E-state index in [1.807, 2.05) is 42.7 Å². The summed E-state index contributed by atoms with van der Waals surface area (Å²) in [7, 11) is 1.65. The van der Waals surface area contributed by atoms with E-state index in [9.17, 15) is 4.79 Å². The Hall–Kier alpha value is -3.05. The van der Waals surface area contributed by atoms with Crippen molar-refractivity contribution in [1.82, 2.24) is 14.0 Å². The van der Waals surface area contributed by atoms with Crippen molar-refractivity contribution in [2.24, 2.45) is 0 Å². The minimum atomic E-state index is 0.00336. The van der Waals surface area contributed by atoms with Crippen molar-refractivity contribution in [3.05, 3.63) is 94.7 Å². The monoisotopic (exact) mass is 375 g/mol. The van der Waals surface area contributed by atoms with Crippen molar-refractivity contribution < 1.29 is 4.74 Å². The van der Waals surface area contributed by atoms with Gasteiger partial charge >= 0.3 is 5.69 Å². The average Bonchev–Trinajstić information content (AvgIpc) is 3.10.